The first-order valence-corrected chi connectivity index (χ1v) is 3.93. The number of carbonyl (C=O) groups is 1. The zero-order valence-electron chi connectivity index (χ0n) is 5.92. The molecule has 0 aliphatic carbocycles. The van der Waals surface area contributed by atoms with Crippen LogP contribution in [0.2, 0.25) is 0 Å². The maximum absolute atomic E-state index is 10.3. The number of amides is 1. The van der Waals surface area contributed by atoms with Gasteiger partial charge in [0, 0.05) is 6.42 Å². The summed E-state index contributed by atoms with van der Waals surface area (Å²) in [5, 5.41) is 0. The molecule has 10 heavy (non-hydrogen) atoms. The van der Waals surface area contributed by atoms with Gasteiger partial charge in [-0.2, -0.15) is 12.6 Å². The summed E-state index contributed by atoms with van der Waals surface area (Å²) in [6.07, 6.45) is 1.18. The van der Waals surface area contributed by atoms with Crippen LogP contribution in [0.15, 0.2) is 0 Å². The highest BCUT2D eigenvalue weighted by Gasteiger charge is 2.04. The quantitative estimate of drug-likeness (QED) is 0.488. The Morgan fingerprint density at radius 3 is 2.50 bits per heavy atom. The predicted octanol–water partition coefficient (Wildman–Crippen LogP) is -0.243. The van der Waals surface area contributed by atoms with Crippen molar-refractivity contribution < 1.29 is 4.79 Å². The van der Waals surface area contributed by atoms with Gasteiger partial charge in [-0.15, -0.1) is 0 Å². The van der Waals surface area contributed by atoms with Crippen LogP contribution in [0.1, 0.15) is 12.8 Å². The lowest BCUT2D eigenvalue weighted by molar-refractivity contribution is -0.118. The number of hydrogen-bond acceptors (Lipinski definition) is 3. The Morgan fingerprint density at radius 1 is 1.60 bits per heavy atom. The van der Waals surface area contributed by atoms with Crippen LogP contribution in [0.3, 0.4) is 0 Å². The van der Waals surface area contributed by atoms with Crippen LogP contribution in [-0.4, -0.2) is 18.2 Å². The van der Waals surface area contributed by atoms with Crippen molar-refractivity contribution in [1.29, 1.82) is 0 Å². The molecule has 0 spiro atoms. The molecule has 0 fully saturated rings. The van der Waals surface area contributed by atoms with Crippen LogP contribution < -0.4 is 11.5 Å². The summed E-state index contributed by atoms with van der Waals surface area (Å²) in [4.78, 5) is 10.3. The van der Waals surface area contributed by atoms with E-state index in [9.17, 15) is 4.79 Å². The highest BCUT2D eigenvalue weighted by atomic mass is 32.1. The third-order valence-corrected chi connectivity index (χ3v) is 1.91. The monoisotopic (exact) mass is 162 g/mol. The van der Waals surface area contributed by atoms with Gasteiger partial charge in [0.2, 0.25) is 5.91 Å². The SMILES string of the molecule is NC[C@H](CS)CCC(N)=O. The second-order valence-electron chi connectivity index (χ2n) is 2.29. The van der Waals surface area contributed by atoms with Crippen molar-refractivity contribution in [3.05, 3.63) is 0 Å². The lowest BCUT2D eigenvalue weighted by Gasteiger charge is -2.08. The maximum atomic E-state index is 10.3. The van der Waals surface area contributed by atoms with Crippen molar-refractivity contribution in [2.75, 3.05) is 12.3 Å². The van der Waals surface area contributed by atoms with Crippen LogP contribution in [0, 0.1) is 5.92 Å². The number of thiol groups is 1. The number of primary amides is 1. The molecule has 1 atom stereocenters. The topological polar surface area (TPSA) is 69.1 Å². The number of rotatable bonds is 5. The summed E-state index contributed by atoms with van der Waals surface area (Å²) in [7, 11) is 0. The van der Waals surface area contributed by atoms with Gasteiger partial charge in [0.05, 0.1) is 0 Å². The predicted molar refractivity (Wildman–Crippen MR) is 44.8 cm³/mol. The lowest BCUT2D eigenvalue weighted by Crippen LogP contribution is -2.19. The molecule has 0 rings (SSSR count). The summed E-state index contributed by atoms with van der Waals surface area (Å²) >= 11 is 4.07. The Kier molecular flexibility index (Phi) is 5.43. The fourth-order valence-electron chi connectivity index (χ4n) is 0.630. The first kappa shape index (κ1) is 9.78. The Morgan fingerprint density at radius 2 is 2.20 bits per heavy atom. The molecular weight excluding hydrogens is 148 g/mol. The fraction of sp³-hybridized carbons (Fsp3) is 0.833. The lowest BCUT2D eigenvalue weighted by atomic mass is 10.1. The molecule has 4 N–H and O–H groups in total. The number of nitrogens with two attached hydrogens (primary N) is 2. The standard InChI is InChI=1S/C6H14N2OS/c7-3-5(4-10)1-2-6(8)9/h5,10H,1-4,7H2,(H2,8,9)/t5-/m1/s1. The second kappa shape index (κ2) is 5.56. The molecule has 0 unspecified atom stereocenters. The molecule has 0 aliphatic rings. The van der Waals surface area contributed by atoms with E-state index < -0.39 is 0 Å². The van der Waals surface area contributed by atoms with Crippen LogP contribution >= 0.6 is 12.6 Å². The second-order valence-corrected chi connectivity index (χ2v) is 2.65. The van der Waals surface area contributed by atoms with E-state index in [2.05, 4.69) is 12.6 Å². The fourth-order valence-corrected chi connectivity index (χ4v) is 0.962. The first-order chi connectivity index (χ1) is 4.70. The Labute approximate surface area is 66.6 Å². The average molecular weight is 162 g/mol. The van der Waals surface area contributed by atoms with E-state index >= 15 is 0 Å². The molecule has 0 aliphatic heterocycles. The van der Waals surface area contributed by atoms with Crippen molar-refractivity contribution in [3.63, 3.8) is 0 Å². The summed E-state index contributed by atoms with van der Waals surface area (Å²) in [5.41, 5.74) is 10.3. The molecule has 3 nitrogen and oxygen atoms in total. The minimum Gasteiger partial charge on any atom is -0.370 e. The zero-order valence-corrected chi connectivity index (χ0v) is 6.81. The third kappa shape index (κ3) is 4.64. The first-order valence-electron chi connectivity index (χ1n) is 3.30. The number of hydrogen-bond donors (Lipinski definition) is 3. The molecule has 60 valence electrons. The van der Waals surface area contributed by atoms with E-state index in [-0.39, 0.29) is 5.91 Å². The molecule has 0 heterocycles. The van der Waals surface area contributed by atoms with Crippen molar-refractivity contribution in [2.24, 2.45) is 17.4 Å². The van der Waals surface area contributed by atoms with Gasteiger partial charge >= 0.3 is 0 Å². The molecule has 1 amide bonds. The van der Waals surface area contributed by atoms with Crippen LogP contribution in [0.5, 0.6) is 0 Å². The van der Waals surface area contributed by atoms with E-state index in [1.165, 1.54) is 0 Å². The van der Waals surface area contributed by atoms with Crippen molar-refractivity contribution in [2.45, 2.75) is 12.8 Å². The molecule has 0 aromatic carbocycles. The van der Waals surface area contributed by atoms with Crippen molar-refractivity contribution >= 4 is 18.5 Å². The molecule has 0 aromatic rings. The minimum atomic E-state index is -0.264. The van der Waals surface area contributed by atoms with Gasteiger partial charge in [0.1, 0.15) is 0 Å². The van der Waals surface area contributed by atoms with Crippen LogP contribution in [0.25, 0.3) is 0 Å². The zero-order chi connectivity index (χ0) is 7.98. The molecule has 4 heteroatoms. The molecule has 0 aromatic heterocycles. The van der Waals surface area contributed by atoms with Gasteiger partial charge in [-0.05, 0) is 24.6 Å². The Hall–Kier alpha value is -0.220. The summed E-state index contributed by atoms with van der Waals surface area (Å²) in [6, 6.07) is 0. The largest absolute Gasteiger partial charge is 0.370 e. The average Bonchev–Trinajstić information content (AvgIpc) is 1.90. The van der Waals surface area contributed by atoms with E-state index in [1.54, 1.807) is 0 Å². The van der Waals surface area contributed by atoms with E-state index in [0.717, 1.165) is 12.2 Å². The van der Waals surface area contributed by atoms with E-state index in [1.807, 2.05) is 0 Å². The van der Waals surface area contributed by atoms with Gasteiger partial charge < -0.3 is 11.5 Å². The van der Waals surface area contributed by atoms with E-state index in [0.29, 0.717) is 18.9 Å². The Bertz CT molecular complexity index is 104. The minimum absolute atomic E-state index is 0.264. The van der Waals surface area contributed by atoms with Gasteiger partial charge in [-0.3, -0.25) is 4.79 Å². The molecule has 0 saturated carbocycles. The Balaban J connectivity index is 3.34. The van der Waals surface area contributed by atoms with Crippen LogP contribution in [-0.2, 0) is 4.79 Å². The van der Waals surface area contributed by atoms with Crippen LogP contribution in [0.4, 0.5) is 0 Å². The number of carbonyl (C=O) groups excluding carboxylic acids is 1. The highest BCUT2D eigenvalue weighted by Crippen LogP contribution is 2.05. The normalized spacial score (nSPS) is 13.0. The van der Waals surface area contributed by atoms with Crippen molar-refractivity contribution in [1.82, 2.24) is 0 Å². The maximum Gasteiger partial charge on any atom is 0.217 e. The van der Waals surface area contributed by atoms with Crippen molar-refractivity contribution in [3.8, 4) is 0 Å². The van der Waals surface area contributed by atoms with E-state index in [4.69, 9.17) is 11.5 Å². The smallest absolute Gasteiger partial charge is 0.217 e. The molecule has 0 bridgehead atoms. The highest BCUT2D eigenvalue weighted by molar-refractivity contribution is 7.80. The van der Waals surface area contributed by atoms with Gasteiger partial charge in [-0.1, -0.05) is 0 Å². The van der Waals surface area contributed by atoms with Gasteiger partial charge in [0.15, 0.2) is 0 Å². The summed E-state index contributed by atoms with van der Waals surface area (Å²) < 4.78 is 0. The third-order valence-electron chi connectivity index (χ3n) is 1.39. The molecule has 0 radical (unpaired) electrons. The summed E-state index contributed by atoms with van der Waals surface area (Å²) in [6.45, 7) is 0.580. The van der Waals surface area contributed by atoms with Gasteiger partial charge in [-0.25, -0.2) is 0 Å². The summed E-state index contributed by atoms with van der Waals surface area (Å²) in [5.74, 6) is 0.792. The molecule has 0 saturated heterocycles. The van der Waals surface area contributed by atoms with Gasteiger partial charge in [0.25, 0.3) is 0 Å². The molecular formula is C6H14N2OS.